The highest BCUT2D eigenvalue weighted by Gasteiger charge is 2.23. The third-order valence-electron chi connectivity index (χ3n) is 4.46. The first kappa shape index (κ1) is 23.5. The van der Waals surface area contributed by atoms with Crippen molar-refractivity contribution < 1.29 is 4.74 Å². The molecule has 0 aliphatic carbocycles. The van der Waals surface area contributed by atoms with Gasteiger partial charge in [0.2, 0.25) is 0 Å². The van der Waals surface area contributed by atoms with E-state index in [1.165, 1.54) is 18.4 Å². The number of benzene rings is 1. The van der Waals surface area contributed by atoms with Crippen LogP contribution in [0.25, 0.3) is 0 Å². The molecule has 26 heavy (non-hydrogen) atoms. The van der Waals surface area contributed by atoms with Crippen molar-refractivity contribution in [2.75, 3.05) is 46.4 Å². The zero-order chi connectivity index (χ0) is 17.9. The van der Waals surface area contributed by atoms with Crippen molar-refractivity contribution in [2.45, 2.75) is 32.2 Å². The minimum atomic E-state index is 0. The first-order chi connectivity index (χ1) is 12.2. The molecule has 0 saturated carbocycles. The van der Waals surface area contributed by atoms with E-state index in [4.69, 9.17) is 16.3 Å². The van der Waals surface area contributed by atoms with E-state index >= 15 is 0 Å². The average molecular weight is 495 g/mol. The van der Waals surface area contributed by atoms with Crippen LogP contribution in [0.4, 0.5) is 0 Å². The van der Waals surface area contributed by atoms with Gasteiger partial charge in [0.05, 0.1) is 6.04 Å². The van der Waals surface area contributed by atoms with E-state index < -0.39 is 0 Å². The molecule has 0 bridgehead atoms. The van der Waals surface area contributed by atoms with Gasteiger partial charge in [0.25, 0.3) is 0 Å². The summed E-state index contributed by atoms with van der Waals surface area (Å²) in [7, 11) is 1.81. The van der Waals surface area contributed by atoms with Gasteiger partial charge < -0.3 is 15.4 Å². The van der Waals surface area contributed by atoms with Crippen LogP contribution in [0.15, 0.2) is 29.3 Å². The largest absolute Gasteiger partial charge is 0.382 e. The Morgan fingerprint density at radius 2 is 2.08 bits per heavy atom. The van der Waals surface area contributed by atoms with Crippen LogP contribution in [0.1, 0.15) is 37.8 Å². The van der Waals surface area contributed by atoms with E-state index in [2.05, 4.69) is 32.7 Å². The van der Waals surface area contributed by atoms with Gasteiger partial charge in [-0.3, -0.25) is 9.89 Å². The van der Waals surface area contributed by atoms with Gasteiger partial charge in [-0.05, 0) is 57.0 Å². The summed E-state index contributed by atoms with van der Waals surface area (Å²) in [6.07, 6.45) is 3.50. The zero-order valence-corrected chi connectivity index (χ0v) is 18.9. The maximum Gasteiger partial charge on any atom is 0.191 e. The number of nitrogens with zero attached hydrogens (tertiary/aromatic N) is 2. The highest BCUT2D eigenvalue weighted by Crippen LogP contribution is 2.26. The van der Waals surface area contributed by atoms with Gasteiger partial charge in [0.15, 0.2) is 5.96 Å². The maximum atomic E-state index is 6.21. The standard InChI is InChI=1S/C19H31ClN4O.HI/c1-3-25-13-7-10-22-19(21-2)23-15-18(24-11-4-5-12-24)16-8-6-9-17(20)14-16;/h6,8-9,14,18H,3-5,7,10-13,15H2,1-2H3,(H2,21,22,23);1H. The third kappa shape index (κ3) is 7.98. The fraction of sp³-hybridized carbons (Fsp3) is 0.632. The normalized spacial score (nSPS) is 16.2. The minimum Gasteiger partial charge on any atom is -0.382 e. The summed E-state index contributed by atoms with van der Waals surface area (Å²) in [5, 5.41) is 7.61. The molecule has 2 rings (SSSR count). The predicted molar refractivity (Wildman–Crippen MR) is 121 cm³/mol. The number of halogens is 2. The lowest BCUT2D eigenvalue weighted by Crippen LogP contribution is -2.43. The van der Waals surface area contributed by atoms with Gasteiger partial charge in [-0.2, -0.15) is 0 Å². The summed E-state index contributed by atoms with van der Waals surface area (Å²) in [5.74, 6) is 0.836. The lowest BCUT2D eigenvalue weighted by molar-refractivity contribution is 0.145. The molecule has 1 aromatic carbocycles. The lowest BCUT2D eigenvalue weighted by Gasteiger charge is -2.29. The van der Waals surface area contributed by atoms with E-state index in [1.54, 1.807) is 0 Å². The number of likely N-dealkylation sites (tertiary alicyclic amines) is 1. The second-order valence-corrected chi connectivity index (χ2v) is 6.68. The van der Waals surface area contributed by atoms with Crippen LogP contribution in [-0.2, 0) is 4.74 Å². The summed E-state index contributed by atoms with van der Waals surface area (Å²) in [6.45, 7) is 7.50. The summed E-state index contributed by atoms with van der Waals surface area (Å²) in [4.78, 5) is 6.85. The Bertz CT molecular complexity index is 538. The molecule has 1 saturated heterocycles. The van der Waals surface area contributed by atoms with Crippen molar-refractivity contribution in [1.82, 2.24) is 15.5 Å². The molecule has 0 aromatic heterocycles. The zero-order valence-electron chi connectivity index (χ0n) is 15.8. The highest BCUT2D eigenvalue weighted by atomic mass is 127. The van der Waals surface area contributed by atoms with Gasteiger partial charge in [-0.1, -0.05) is 23.7 Å². The van der Waals surface area contributed by atoms with Gasteiger partial charge in [-0.25, -0.2) is 0 Å². The Hall–Kier alpha value is -0.570. The lowest BCUT2D eigenvalue weighted by atomic mass is 10.1. The summed E-state index contributed by atoms with van der Waals surface area (Å²) in [6, 6.07) is 8.50. The maximum absolute atomic E-state index is 6.21. The van der Waals surface area contributed by atoms with Gasteiger partial charge in [-0.15, -0.1) is 24.0 Å². The van der Waals surface area contributed by atoms with Crippen LogP contribution in [0.5, 0.6) is 0 Å². The van der Waals surface area contributed by atoms with Crippen molar-refractivity contribution in [3.63, 3.8) is 0 Å². The molecule has 1 aromatic rings. The summed E-state index contributed by atoms with van der Waals surface area (Å²) >= 11 is 6.21. The topological polar surface area (TPSA) is 48.9 Å². The quantitative estimate of drug-likeness (QED) is 0.238. The van der Waals surface area contributed by atoms with Crippen LogP contribution < -0.4 is 10.6 Å². The van der Waals surface area contributed by atoms with Gasteiger partial charge >= 0.3 is 0 Å². The molecule has 7 heteroatoms. The van der Waals surface area contributed by atoms with Crippen molar-refractivity contribution in [2.24, 2.45) is 4.99 Å². The average Bonchev–Trinajstić information content (AvgIpc) is 3.14. The molecule has 5 nitrogen and oxygen atoms in total. The van der Waals surface area contributed by atoms with Crippen LogP contribution in [0.3, 0.4) is 0 Å². The Morgan fingerprint density at radius 1 is 1.31 bits per heavy atom. The third-order valence-corrected chi connectivity index (χ3v) is 4.70. The molecule has 0 radical (unpaired) electrons. The van der Waals surface area contributed by atoms with Crippen LogP contribution in [0, 0.1) is 0 Å². The summed E-state index contributed by atoms with van der Waals surface area (Å²) in [5.41, 5.74) is 1.26. The molecular formula is C19H32ClIN4O. The first-order valence-corrected chi connectivity index (χ1v) is 9.64. The Labute approximate surface area is 179 Å². The van der Waals surface area contributed by atoms with E-state index in [9.17, 15) is 0 Å². The first-order valence-electron chi connectivity index (χ1n) is 9.26. The van der Waals surface area contributed by atoms with Crippen molar-refractivity contribution in [1.29, 1.82) is 0 Å². The molecule has 1 fully saturated rings. The van der Waals surface area contributed by atoms with Gasteiger partial charge in [0.1, 0.15) is 0 Å². The number of rotatable bonds is 9. The molecule has 2 N–H and O–H groups in total. The molecule has 0 amide bonds. The van der Waals surface area contributed by atoms with Crippen molar-refractivity contribution >= 4 is 41.5 Å². The van der Waals surface area contributed by atoms with E-state index in [-0.39, 0.29) is 24.0 Å². The molecular weight excluding hydrogens is 463 g/mol. The number of hydrogen-bond acceptors (Lipinski definition) is 3. The molecule has 1 aliphatic rings. The van der Waals surface area contributed by atoms with Crippen molar-refractivity contribution in [3.05, 3.63) is 34.9 Å². The number of hydrogen-bond donors (Lipinski definition) is 2. The van der Waals surface area contributed by atoms with Crippen LogP contribution >= 0.6 is 35.6 Å². The Morgan fingerprint density at radius 3 is 2.73 bits per heavy atom. The minimum absolute atomic E-state index is 0. The fourth-order valence-corrected chi connectivity index (χ4v) is 3.36. The Balaban J connectivity index is 0.00000338. The van der Waals surface area contributed by atoms with Crippen LogP contribution in [0.2, 0.25) is 5.02 Å². The second kappa shape index (κ2) is 13.6. The monoisotopic (exact) mass is 494 g/mol. The molecule has 1 heterocycles. The number of ether oxygens (including phenoxy) is 1. The SMILES string of the molecule is CCOCCCNC(=NC)NCC(c1cccc(Cl)c1)N1CCCC1.I. The van der Waals surface area contributed by atoms with E-state index in [0.717, 1.165) is 56.8 Å². The predicted octanol–water partition coefficient (Wildman–Crippen LogP) is 3.69. The molecule has 1 unspecified atom stereocenters. The molecule has 1 aliphatic heterocycles. The molecule has 1 atom stereocenters. The van der Waals surface area contributed by atoms with Gasteiger partial charge in [0, 0.05) is 38.4 Å². The smallest absolute Gasteiger partial charge is 0.191 e. The van der Waals surface area contributed by atoms with E-state index in [1.807, 2.05) is 26.1 Å². The molecule has 0 spiro atoms. The van der Waals surface area contributed by atoms with Crippen molar-refractivity contribution in [3.8, 4) is 0 Å². The van der Waals surface area contributed by atoms with E-state index in [0.29, 0.717) is 6.04 Å². The fourth-order valence-electron chi connectivity index (χ4n) is 3.16. The summed E-state index contributed by atoms with van der Waals surface area (Å²) < 4.78 is 5.36. The Kier molecular flexibility index (Phi) is 12.3. The highest BCUT2D eigenvalue weighted by molar-refractivity contribution is 14.0. The number of aliphatic imine (C=N–C) groups is 1. The second-order valence-electron chi connectivity index (χ2n) is 6.24. The molecule has 148 valence electrons. The number of guanidine groups is 1. The van der Waals surface area contributed by atoms with Crippen LogP contribution in [-0.4, -0.2) is 57.3 Å². The number of nitrogens with one attached hydrogen (secondary N) is 2.